The lowest BCUT2D eigenvalue weighted by Crippen LogP contribution is -2.56. The first kappa shape index (κ1) is 32.6. The molecule has 2 aromatic carbocycles. The number of hydrogen-bond donors (Lipinski definition) is 0. The highest BCUT2D eigenvalue weighted by Gasteiger charge is 2.43. The fourth-order valence-corrected chi connectivity index (χ4v) is 8.43. The molecule has 0 saturated carbocycles. The fraction of sp³-hybridized carbons (Fsp3) is 0.514. The Morgan fingerprint density at radius 2 is 1.74 bits per heavy atom. The van der Waals surface area contributed by atoms with Gasteiger partial charge in [-0.3, -0.25) is 14.5 Å². The van der Waals surface area contributed by atoms with Crippen LogP contribution in [0.1, 0.15) is 67.9 Å². The molecule has 3 aliphatic rings. The highest BCUT2D eigenvalue weighted by molar-refractivity contribution is 7.14. The number of fused-ring (bicyclic) bond motifs is 1. The Hall–Kier alpha value is -3.30. The van der Waals surface area contributed by atoms with E-state index in [-0.39, 0.29) is 11.9 Å². The predicted octanol–water partition coefficient (Wildman–Crippen LogP) is 6.39. The van der Waals surface area contributed by atoms with Crippen LogP contribution in [0, 0.1) is 17.6 Å². The molecule has 0 unspecified atom stereocenters. The number of ether oxygens (including phenoxy) is 1. The maximum atomic E-state index is 15.2. The molecule has 246 valence electrons. The summed E-state index contributed by atoms with van der Waals surface area (Å²) in [5.41, 5.74) is 4.90. The zero-order valence-corrected chi connectivity index (χ0v) is 28.2. The van der Waals surface area contributed by atoms with Crippen LogP contribution in [0.25, 0.3) is 0 Å². The third kappa shape index (κ3) is 7.00. The number of benzene rings is 2. The zero-order chi connectivity index (χ0) is 32.6. The molecule has 1 aliphatic carbocycles. The number of anilines is 1. The first-order valence-corrected chi connectivity index (χ1v) is 17.5. The van der Waals surface area contributed by atoms with Gasteiger partial charge in [0.15, 0.2) is 0 Å². The van der Waals surface area contributed by atoms with Crippen LogP contribution < -0.4 is 4.90 Å². The van der Waals surface area contributed by atoms with Gasteiger partial charge in [-0.2, -0.15) is 0 Å². The number of hydrogen-bond acceptors (Lipinski definition) is 6. The summed E-state index contributed by atoms with van der Waals surface area (Å²) in [6.45, 7) is 10.8. The minimum Gasteiger partial charge on any atom is -0.459 e. The van der Waals surface area contributed by atoms with E-state index in [1.54, 1.807) is 11.3 Å². The minimum absolute atomic E-state index is 0.0158. The Labute approximate surface area is 275 Å². The maximum absolute atomic E-state index is 15.2. The van der Waals surface area contributed by atoms with Gasteiger partial charge in [0.05, 0.1) is 10.9 Å². The molecule has 2 fully saturated rings. The van der Waals surface area contributed by atoms with Gasteiger partial charge in [0.1, 0.15) is 23.3 Å². The van der Waals surface area contributed by atoms with Gasteiger partial charge >= 0.3 is 5.97 Å². The van der Waals surface area contributed by atoms with Crippen molar-refractivity contribution in [3.8, 4) is 0 Å². The van der Waals surface area contributed by atoms with E-state index in [1.165, 1.54) is 35.2 Å². The summed E-state index contributed by atoms with van der Waals surface area (Å²) in [6, 6.07) is 11.9. The van der Waals surface area contributed by atoms with Gasteiger partial charge in [-0.25, -0.2) is 8.78 Å². The van der Waals surface area contributed by atoms with Crippen molar-refractivity contribution in [3.05, 3.63) is 87.3 Å². The third-order valence-corrected chi connectivity index (χ3v) is 10.7. The number of thiophene rings is 1. The lowest BCUT2D eigenvalue weighted by molar-refractivity contribution is -0.162. The molecular weight excluding hydrogens is 604 g/mol. The Morgan fingerprint density at radius 3 is 2.46 bits per heavy atom. The average molecular weight is 650 g/mol. The number of carbonyl (C=O) groups is 2. The first-order valence-electron chi connectivity index (χ1n) is 16.6. The van der Waals surface area contributed by atoms with Crippen molar-refractivity contribution in [2.45, 2.75) is 77.4 Å². The van der Waals surface area contributed by atoms with Gasteiger partial charge < -0.3 is 14.5 Å². The molecule has 9 heteroatoms. The van der Waals surface area contributed by atoms with E-state index in [0.29, 0.717) is 51.3 Å². The normalized spacial score (nSPS) is 21.0. The number of aryl methyl sites for hydroxylation is 3. The zero-order valence-electron chi connectivity index (χ0n) is 27.4. The number of nitrogens with zero attached hydrogens (tertiary/aromatic N) is 3. The molecule has 3 atom stereocenters. The van der Waals surface area contributed by atoms with Crippen LogP contribution in [0.15, 0.2) is 47.8 Å². The van der Waals surface area contributed by atoms with Crippen molar-refractivity contribution in [1.29, 1.82) is 0 Å². The Balaban J connectivity index is 1.19. The van der Waals surface area contributed by atoms with Crippen molar-refractivity contribution in [3.63, 3.8) is 0 Å². The van der Waals surface area contributed by atoms with Crippen molar-refractivity contribution in [2.24, 2.45) is 5.92 Å². The Bertz CT molecular complexity index is 1580. The van der Waals surface area contributed by atoms with Gasteiger partial charge in [0, 0.05) is 51.3 Å². The molecule has 3 heterocycles. The highest BCUT2D eigenvalue weighted by atomic mass is 32.1. The lowest BCUT2D eigenvalue weighted by Gasteiger charge is -2.40. The summed E-state index contributed by atoms with van der Waals surface area (Å²) in [7, 11) is 0. The van der Waals surface area contributed by atoms with Crippen molar-refractivity contribution < 1.29 is 23.1 Å². The summed E-state index contributed by atoms with van der Waals surface area (Å²) >= 11 is 1.64. The van der Waals surface area contributed by atoms with Crippen LogP contribution in [0.4, 0.5) is 13.8 Å². The molecule has 2 saturated heterocycles. The number of piperazine rings is 1. The van der Waals surface area contributed by atoms with E-state index in [0.717, 1.165) is 35.9 Å². The van der Waals surface area contributed by atoms with Crippen molar-refractivity contribution in [1.82, 2.24) is 9.80 Å². The quantitative estimate of drug-likeness (QED) is 0.265. The second-order valence-corrected chi connectivity index (χ2v) is 14.9. The number of carbonyl (C=O) groups excluding carboxylic acids is 2. The summed E-state index contributed by atoms with van der Waals surface area (Å²) < 4.78 is 34.9. The van der Waals surface area contributed by atoms with E-state index in [2.05, 4.69) is 46.4 Å². The van der Waals surface area contributed by atoms with Crippen LogP contribution in [0.5, 0.6) is 0 Å². The number of amides is 1. The Kier molecular flexibility index (Phi) is 9.53. The van der Waals surface area contributed by atoms with Crippen molar-refractivity contribution in [2.75, 3.05) is 44.2 Å². The van der Waals surface area contributed by atoms with Gasteiger partial charge in [-0.1, -0.05) is 31.2 Å². The smallest absolute Gasteiger partial charge is 0.324 e. The van der Waals surface area contributed by atoms with E-state index in [4.69, 9.17) is 4.74 Å². The van der Waals surface area contributed by atoms with Crippen LogP contribution in [-0.4, -0.2) is 72.6 Å². The van der Waals surface area contributed by atoms with Crippen LogP contribution >= 0.6 is 11.3 Å². The molecule has 3 aromatic rings. The molecule has 2 aliphatic heterocycles. The summed E-state index contributed by atoms with van der Waals surface area (Å²) in [6.07, 6.45) is 4.79. The van der Waals surface area contributed by atoms with E-state index in [9.17, 15) is 14.0 Å². The maximum Gasteiger partial charge on any atom is 0.324 e. The van der Waals surface area contributed by atoms with Crippen LogP contribution in [0.3, 0.4) is 0 Å². The van der Waals surface area contributed by atoms with Crippen LogP contribution in [-0.2, 0) is 40.0 Å². The molecule has 6 nitrogen and oxygen atoms in total. The number of rotatable bonds is 8. The molecule has 0 radical (unpaired) electrons. The van der Waals surface area contributed by atoms with E-state index >= 15 is 4.39 Å². The third-order valence-electron chi connectivity index (χ3n) is 9.73. The SMILES string of the molecule is CCc1ccsc1N1C[C@@H](C(=O)N2CCN([C@@H](Cc3ccc4c(c3)CCC4)C(=O)OC(C)(C)C)CC2)[C@H](c2ccc(F)cc2F)C1. The van der Waals surface area contributed by atoms with Crippen molar-refractivity contribution >= 4 is 28.2 Å². The second kappa shape index (κ2) is 13.4. The minimum atomic E-state index is -0.624. The number of halogens is 2. The molecular formula is C37H45F2N3O3S. The fourth-order valence-electron chi connectivity index (χ4n) is 7.41. The monoisotopic (exact) mass is 649 g/mol. The van der Waals surface area contributed by atoms with Gasteiger partial charge in [-0.15, -0.1) is 11.3 Å². The molecule has 46 heavy (non-hydrogen) atoms. The van der Waals surface area contributed by atoms with E-state index < -0.39 is 35.1 Å². The molecule has 0 spiro atoms. The molecule has 1 amide bonds. The van der Waals surface area contributed by atoms with Gasteiger partial charge in [0.2, 0.25) is 5.91 Å². The number of esters is 1. The average Bonchev–Trinajstić information content (AvgIpc) is 3.78. The molecule has 0 N–H and O–H groups in total. The van der Waals surface area contributed by atoms with E-state index in [1.807, 2.05) is 25.7 Å². The summed E-state index contributed by atoms with van der Waals surface area (Å²) in [4.78, 5) is 34.0. The molecule has 0 bridgehead atoms. The highest BCUT2D eigenvalue weighted by Crippen LogP contribution is 2.41. The summed E-state index contributed by atoms with van der Waals surface area (Å²) in [5.74, 6) is -2.35. The topological polar surface area (TPSA) is 53.1 Å². The summed E-state index contributed by atoms with van der Waals surface area (Å²) in [5, 5.41) is 3.17. The van der Waals surface area contributed by atoms with Crippen LogP contribution in [0.2, 0.25) is 0 Å². The van der Waals surface area contributed by atoms with Gasteiger partial charge in [0.25, 0.3) is 0 Å². The first-order chi connectivity index (χ1) is 22.0. The standard InChI is InChI=1S/C37H45F2N3O3S/c1-5-25-13-18-46-35(25)42-22-30(29-12-11-28(38)21-32(29)39)31(23-42)34(43)41-16-14-40(15-17-41)33(36(44)45-37(2,3)4)20-24-9-10-26-7-6-8-27(26)19-24/h9-13,18-19,21,30-31,33H,5-8,14-17,20,22-23H2,1-4H3/t30-,31+,33-/m0/s1. The lowest BCUT2D eigenvalue weighted by atomic mass is 9.87. The van der Waals surface area contributed by atoms with Gasteiger partial charge in [-0.05, 0) is 98.2 Å². The largest absolute Gasteiger partial charge is 0.459 e. The Morgan fingerprint density at radius 1 is 0.978 bits per heavy atom. The predicted molar refractivity (Wildman–Crippen MR) is 178 cm³/mol. The molecule has 6 rings (SSSR count). The molecule has 1 aromatic heterocycles. The second-order valence-electron chi connectivity index (χ2n) is 14.0.